The first-order valence-electron chi connectivity index (χ1n) is 9.92. The fourth-order valence-corrected chi connectivity index (χ4v) is 4.26. The summed E-state index contributed by atoms with van der Waals surface area (Å²) in [5, 5.41) is 15.9. The number of anilines is 1. The van der Waals surface area contributed by atoms with Crippen molar-refractivity contribution in [3.05, 3.63) is 95.3 Å². The van der Waals surface area contributed by atoms with Gasteiger partial charge in [0.05, 0.1) is 12.8 Å². The summed E-state index contributed by atoms with van der Waals surface area (Å²) in [5.41, 5.74) is 5.02. The van der Waals surface area contributed by atoms with Crippen molar-refractivity contribution >= 4 is 11.6 Å². The van der Waals surface area contributed by atoms with Crippen LogP contribution in [0.3, 0.4) is 0 Å². The molecule has 31 heavy (non-hydrogen) atoms. The molecule has 0 saturated carbocycles. The molecule has 6 rings (SSSR count). The number of para-hydroxylation sites is 1. The van der Waals surface area contributed by atoms with Gasteiger partial charge in [0.2, 0.25) is 5.95 Å². The highest BCUT2D eigenvalue weighted by molar-refractivity contribution is 5.85. The highest BCUT2D eigenvalue weighted by atomic mass is 16.5. The predicted octanol–water partition coefficient (Wildman–Crippen LogP) is 3.64. The van der Waals surface area contributed by atoms with Crippen molar-refractivity contribution in [1.29, 1.82) is 0 Å². The number of rotatable bonds is 3. The molecule has 0 saturated heterocycles. The Bertz CT molecular complexity index is 1280. The zero-order chi connectivity index (χ0) is 20.8. The fraction of sp³-hybridized carbons (Fsp3) is 0.130. The monoisotopic (exact) mass is 410 g/mol. The van der Waals surface area contributed by atoms with E-state index in [1.165, 1.54) is 0 Å². The molecular weight excluding hydrogens is 392 g/mol. The van der Waals surface area contributed by atoms with Gasteiger partial charge in [-0.2, -0.15) is 4.68 Å². The molecule has 4 aromatic rings. The minimum Gasteiger partial charge on any atom is -0.497 e. The van der Waals surface area contributed by atoms with E-state index in [-0.39, 0.29) is 12.1 Å². The molecule has 0 spiro atoms. The Morgan fingerprint density at radius 2 is 1.77 bits per heavy atom. The highest BCUT2D eigenvalue weighted by Crippen LogP contribution is 2.50. The first kappa shape index (κ1) is 17.6. The van der Waals surface area contributed by atoms with Crippen LogP contribution in [0.15, 0.2) is 78.6 Å². The molecule has 2 aliphatic heterocycles. The number of aromatic nitrogens is 5. The molecule has 0 amide bonds. The molecule has 8 heteroatoms. The maximum atomic E-state index is 6.54. The second-order valence-electron chi connectivity index (χ2n) is 7.35. The molecule has 2 aromatic carbocycles. The first-order chi connectivity index (χ1) is 15.3. The van der Waals surface area contributed by atoms with E-state index in [1.54, 1.807) is 24.2 Å². The van der Waals surface area contributed by atoms with Crippen LogP contribution in [-0.4, -0.2) is 32.3 Å². The Hall–Kier alpha value is -4.20. The number of nitrogens with zero attached hydrogens (tertiary/aromatic N) is 5. The van der Waals surface area contributed by atoms with Gasteiger partial charge in [-0.3, -0.25) is 4.98 Å². The summed E-state index contributed by atoms with van der Waals surface area (Å²) in [6.45, 7) is 0. The van der Waals surface area contributed by atoms with Crippen LogP contribution in [0.25, 0.3) is 5.70 Å². The van der Waals surface area contributed by atoms with Crippen LogP contribution in [0.5, 0.6) is 11.5 Å². The zero-order valence-corrected chi connectivity index (χ0v) is 16.6. The number of pyridine rings is 1. The van der Waals surface area contributed by atoms with Gasteiger partial charge in [-0.15, -0.1) is 0 Å². The molecule has 2 aliphatic rings. The quantitative estimate of drug-likeness (QED) is 0.552. The largest absolute Gasteiger partial charge is 0.497 e. The van der Waals surface area contributed by atoms with Crippen molar-refractivity contribution in [2.45, 2.75) is 12.1 Å². The van der Waals surface area contributed by atoms with E-state index in [2.05, 4.69) is 25.8 Å². The van der Waals surface area contributed by atoms with Gasteiger partial charge in [-0.05, 0) is 58.0 Å². The minimum atomic E-state index is -0.329. The van der Waals surface area contributed by atoms with Crippen molar-refractivity contribution in [2.24, 2.45) is 0 Å². The van der Waals surface area contributed by atoms with Gasteiger partial charge in [0.15, 0.2) is 0 Å². The Kier molecular flexibility index (Phi) is 3.95. The van der Waals surface area contributed by atoms with E-state index < -0.39 is 0 Å². The van der Waals surface area contributed by atoms with Gasteiger partial charge >= 0.3 is 0 Å². The Morgan fingerprint density at radius 3 is 2.58 bits per heavy atom. The van der Waals surface area contributed by atoms with Gasteiger partial charge in [-0.25, -0.2) is 0 Å². The van der Waals surface area contributed by atoms with Gasteiger partial charge in [0, 0.05) is 23.5 Å². The summed E-state index contributed by atoms with van der Waals surface area (Å²) in [5.74, 6) is 2.19. The zero-order valence-electron chi connectivity index (χ0n) is 16.6. The number of hydrogen-bond donors (Lipinski definition) is 1. The van der Waals surface area contributed by atoms with Crippen molar-refractivity contribution in [1.82, 2.24) is 25.2 Å². The lowest BCUT2D eigenvalue weighted by atomic mass is 9.85. The molecule has 152 valence electrons. The number of methoxy groups -OCH3 is 1. The average molecular weight is 410 g/mol. The third-order valence-electron chi connectivity index (χ3n) is 5.68. The smallest absolute Gasteiger partial charge is 0.248 e. The minimum absolute atomic E-state index is 0.251. The predicted molar refractivity (Wildman–Crippen MR) is 114 cm³/mol. The van der Waals surface area contributed by atoms with Crippen LogP contribution >= 0.6 is 0 Å². The number of nitrogens with one attached hydrogen (secondary N) is 1. The van der Waals surface area contributed by atoms with E-state index in [0.717, 1.165) is 39.5 Å². The van der Waals surface area contributed by atoms with Crippen molar-refractivity contribution in [3.63, 3.8) is 0 Å². The fourth-order valence-electron chi connectivity index (χ4n) is 4.26. The summed E-state index contributed by atoms with van der Waals surface area (Å²) in [7, 11) is 1.66. The van der Waals surface area contributed by atoms with Gasteiger partial charge < -0.3 is 14.8 Å². The van der Waals surface area contributed by atoms with Crippen LogP contribution in [-0.2, 0) is 0 Å². The second kappa shape index (κ2) is 6.94. The molecule has 0 bridgehead atoms. The standard InChI is InChI=1S/C23H18N6O2/c1-30-16-8-6-14(7-9-16)21-19-20(25-23-26-27-28-29(21)23)17-4-2-3-5-18(17)31-22(19)15-10-12-24-13-11-15/h2-13,21-22H,1H3,(H,25,26,28)/t21-,22-/m1/s1. The summed E-state index contributed by atoms with van der Waals surface area (Å²) >= 11 is 0. The number of benzene rings is 2. The number of fused-ring (bicyclic) bond motifs is 3. The molecule has 0 aliphatic carbocycles. The van der Waals surface area contributed by atoms with E-state index in [4.69, 9.17) is 9.47 Å². The van der Waals surface area contributed by atoms with Crippen LogP contribution in [0.1, 0.15) is 28.8 Å². The summed E-state index contributed by atoms with van der Waals surface area (Å²) in [6, 6.07) is 19.7. The van der Waals surface area contributed by atoms with Crippen molar-refractivity contribution < 1.29 is 9.47 Å². The summed E-state index contributed by atoms with van der Waals surface area (Å²) in [6.07, 6.45) is 3.23. The number of hydrogen-bond acceptors (Lipinski definition) is 7. The van der Waals surface area contributed by atoms with Gasteiger partial charge in [0.1, 0.15) is 23.6 Å². The molecular formula is C23H18N6O2. The Balaban J connectivity index is 1.61. The van der Waals surface area contributed by atoms with Crippen molar-refractivity contribution in [2.75, 3.05) is 12.4 Å². The normalized spacial score (nSPS) is 18.9. The molecule has 4 heterocycles. The van der Waals surface area contributed by atoms with E-state index >= 15 is 0 Å². The van der Waals surface area contributed by atoms with E-state index in [1.807, 2.05) is 60.7 Å². The van der Waals surface area contributed by atoms with Crippen LogP contribution < -0.4 is 14.8 Å². The van der Waals surface area contributed by atoms with E-state index in [0.29, 0.717) is 5.95 Å². The molecule has 2 aromatic heterocycles. The lowest BCUT2D eigenvalue weighted by Gasteiger charge is -2.38. The summed E-state index contributed by atoms with van der Waals surface area (Å²) in [4.78, 5) is 4.17. The summed E-state index contributed by atoms with van der Waals surface area (Å²) < 4.78 is 13.7. The van der Waals surface area contributed by atoms with Crippen LogP contribution in [0.4, 0.5) is 5.95 Å². The lowest BCUT2D eigenvalue weighted by Crippen LogP contribution is -2.32. The average Bonchev–Trinajstić information content (AvgIpc) is 3.31. The second-order valence-corrected chi connectivity index (χ2v) is 7.35. The molecule has 0 unspecified atom stereocenters. The maximum absolute atomic E-state index is 6.54. The SMILES string of the molecule is COc1ccc([C@@H]2C3=C(Nc4nnnn42)c2ccccc2O[C@@H]3c2ccncc2)cc1. The highest BCUT2D eigenvalue weighted by Gasteiger charge is 2.41. The molecule has 8 nitrogen and oxygen atoms in total. The topological polar surface area (TPSA) is 87.0 Å². The maximum Gasteiger partial charge on any atom is 0.248 e. The Labute approximate surface area is 178 Å². The Morgan fingerprint density at radius 1 is 0.968 bits per heavy atom. The van der Waals surface area contributed by atoms with Crippen molar-refractivity contribution in [3.8, 4) is 11.5 Å². The van der Waals surface area contributed by atoms with Crippen LogP contribution in [0.2, 0.25) is 0 Å². The molecule has 1 N–H and O–H groups in total. The van der Waals surface area contributed by atoms with Gasteiger partial charge in [0.25, 0.3) is 0 Å². The third kappa shape index (κ3) is 2.76. The molecule has 0 fully saturated rings. The van der Waals surface area contributed by atoms with Crippen LogP contribution in [0, 0.1) is 0 Å². The molecule has 2 atom stereocenters. The third-order valence-corrected chi connectivity index (χ3v) is 5.68. The number of ether oxygens (including phenoxy) is 2. The number of tetrazole rings is 1. The lowest BCUT2D eigenvalue weighted by molar-refractivity contribution is 0.222. The molecule has 0 radical (unpaired) electrons. The first-order valence-corrected chi connectivity index (χ1v) is 9.92. The van der Waals surface area contributed by atoms with E-state index in [9.17, 15) is 0 Å². The van der Waals surface area contributed by atoms with Gasteiger partial charge in [-0.1, -0.05) is 29.4 Å².